The molecule has 0 fully saturated rings. The molecule has 0 radical (unpaired) electrons. The van der Waals surface area contributed by atoms with Gasteiger partial charge in [-0.1, -0.05) is 23.4 Å². The molecule has 0 spiro atoms. The lowest BCUT2D eigenvalue weighted by molar-refractivity contribution is -0.384. The number of benzene rings is 3. The summed E-state index contributed by atoms with van der Waals surface area (Å²) in [5.74, 6) is 1.93. The monoisotopic (exact) mass is 453 g/mol. The number of nitro groups is 1. The van der Waals surface area contributed by atoms with E-state index in [9.17, 15) is 10.1 Å². The molecule has 0 saturated heterocycles. The average molecular weight is 453 g/mol. The van der Waals surface area contributed by atoms with Gasteiger partial charge >= 0.3 is 0 Å². The zero-order chi connectivity index (χ0) is 23.1. The molecule has 3 heterocycles. The van der Waals surface area contributed by atoms with Crippen LogP contribution in [0.3, 0.4) is 0 Å². The van der Waals surface area contributed by atoms with Crippen molar-refractivity contribution in [3.63, 3.8) is 0 Å². The Bertz CT molecular complexity index is 1570. The summed E-state index contributed by atoms with van der Waals surface area (Å²) in [5, 5.41) is 23.6. The molecule has 3 aromatic carbocycles. The van der Waals surface area contributed by atoms with E-state index in [-0.39, 0.29) is 12.5 Å². The summed E-state index contributed by atoms with van der Waals surface area (Å²) in [6.45, 7) is 0.181. The topological polar surface area (TPSA) is 130 Å². The molecule has 1 N–H and O–H groups in total. The van der Waals surface area contributed by atoms with Gasteiger partial charge in [0, 0.05) is 34.8 Å². The lowest BCUT2D eigenvalue weighted by Gasteiger charge is -2.10. The summed E-state index contributed by atoms with van der Waals surface area (Å²) < 4.78 is 12.4. The molecule has 0 aliphatic carbocycles. The Kier molecular flexibility index (Phi) is 4.51. The van der Waals surface area contributed by atoms with Gasteiger partial charge in [-0.25, -0.2) is 14.6 Å². The number of fused-ring (bicyclic) bond motifs is 2. The summed E-state index contributed by atoms with van der Waals surface area (Å²) in [7, 11) is 0. The SMILES string of the molecule is O=[N+]([O-])c1cccc(-n2cc(-c3cccc(Nc4ncnc5cc6c(cc45)OCO6)c3)nn2)c1. The van der Waals surface area contributed by atoms with E-state index in [0.717, 1.165) is 22.2 Å². The number of hydrogen-bond donors (Lipinski definition) is 1. The number of ether oxygens (including phenoxy) is 2. The summed E-state index contributed by atoms with van der Waals surface area (Å²) in [6, 6.07) is 17.5. The van der Waals surface area contributed by atoms with Gasteiger partial charge in [-0.3, -0.25) is 10.1 Å². The summed E-state index contributed by atoms with van der Waals surface area (Å²) >= 11 is 0. The quantitative estimate of drug-likeness (QED) is 0.306. The van der Waals surface area contributed by atoms with Crippen molar-refractivity contribution >= 4 is 28.1 Å². The largest absolute Gasteiger partial charge is 0.454 e. The van der Waals surface area contributed by atoms with Crippen molar-refractivity contribution in [1.82, 2.24) is 25.0 Å². The minimum Gasteiger partial charge on any atom is -0.454 e. The van der Waals surface area contributed by atoms with Gasteiger partial charge < -0.3 is 14.8 Å². The fourth-order valence-electron chi connectivity index (χ4n) is 3.71. The third-order valence-corrected chi connectivity index (χ3v) is 5.35. The Morgan fingerprint density at radius 1 is 1.00 bits per heavy atom. The molecule has 0 atom stereocenters. The first-order valence-corrected chi connectivity index (χ1v) is 10.2. The molecular weight excluding hydrogens is 438 g/mol. The van der Waals surface area contributed by atoms with E-state index in [0.29, 0.717) is 28.7 Å². The highest BCUT2D eigenvalue weighted by atomic mass is 16.7. The van der Waals surface area contributed by atoms with Crippen molar-refractivity contribution < 1.29 is 14.4 Å². The fourth-order valence-corrected chi connectivity index (χ4v) is 3.71. The van der Waals surface area contributed by atoms with Crippen LogP contribution < -0.4 is 14.8 Å². The number of rotatable bonds is 5. The third-order valence-electron chi connectivity index (χ3n) is 5.35. The minimum atomic E-state index is -0.444. The van der Waals surface area contributed by atoms with Gasteiger partial charge in [0.15, 0.2) is 11.5 Å². The molecule has 1 aliphatic heterocycles. The molecule has 0 bridgehead atoms. The van der Waals surface area contributed by atoms with Crippen LogP contribution in [0, 0.1) is 10.1 Å². The van der Waals surface area contributed by atoms with E-state index in [1.807, 2.05) is 36.4 Å². The Morgan fingerprint density at radius 2 is 1.85 bits per heavy atom. The predicted molar refractivity (Wildman–Crippen MR) is 122 cm³/mol. The van der Waals surface area contributed by atoms with Gasteiger partial charge in [0.1, 0.15) is 17.8 Å². The molecule has 1 aliphatic rings. The lowest BCUT2D eigenvalue weighted by Crippen LogP contribution is -1.96. The summed E-state index contributed by atoms with van der Waals surface area (Å²) in [4.78, 5) is 19.3. The van der Waals surface area contributed by atoms with E-state index < -0.39 is 4.92 Å². The first-order chi connectivity index (χ1) is 16.6. The van der Waals surface area contributed by atoms with Crippen molar-refractivity contribution in [2.24, 2.45) is 0 Å². The molecule has 11 heteroatoms. The van der Waals surface area contributed by atoms with E-state index in [2.05, 4.69) is 25.6 Å². The first-order valence-electron chi connectivity index (χ1n) is 10.2. The van der Waals surface area contributed by atoms with Crippen LogP contribution in [0.15, 0.2) is 73.2 Å². The normalized spacial score (nSPS) is 12.1. The second-order valence-electron chi connectivity index (χ2n) is 7.48. The number of nitrogens with one attached hydrogen (secondary N) is 1. The maximum atomic E-state index is 11.1. The third kappa shape index (κ3) is 3.50. The smallest absolute Gasteiger partial charge is 0.271 e. The van der Waals surface area contributed by atoms with Gasteiger partial charge in [-0.2, -0.15) is 0 Å². The predicted octanol–water partition coefficient (Wildman–Crippen LogP) is 4.26. The Hall–Kier alpha value is -5.06. The average Bonchev–Trinajstić information content (AvgIpc) is 3.53. The maximum absolute atomic E-state index is 11.1. The van der Waals surface area contributed by atoms with E-state index >= 15 is 0 Å². The summed E-state index contributed by atoms with van der Waals surface area (Å²) in [6.07, 6.45) is 3.21. The standard InChI is InChI=1S/C23H15N7O4/c31-30(32)17-6-2-5-16(8-17)29-11-20(27-28-29)14-3-1-4-15(7-14)26-23-18-9-21-22(34-13-33-21)10-19(18)24-12-25-23/h1-12H,13H2,(H,24,25,26). The van der Waals surface area contributed by atoms with Crippen LogP contribution >= 0.6 is 0 Å². The molecule has 0 unspecified atom stereocenters. The van der Waals surface area contributed by atoms with Crippen molar-refractivity contribution in [3.8, 4) is 28.4 Å². The lowest BCUT2D eigenvalue weighted by atomic mass is 10.1. The van der Waals surface area contributed by atoms with E-state index in [1.165, 1.54) is 23.1 Å². The number of aromatic nitrogens is 5. The van der Waals surface area contributed by atoms with Crippen LogP contribution in [0.2, 0.25) is 0 Å². The van der Waals surface area contributed by atoms with Crippen LogP contribution in [0.5, 0.6) is 11.5 Å². The second kappa shape index (κ2) is 7.81. The number of non-ortho nitro benzene ring substituents is 1. The molecule has 2 aromatic heterocycles. The van der Waals surface area contributed by atoms with Crippen LogP contribution in [-0.4, -0.2) is 36.7 Å². The van der Waals surface area contributed by atoms with Crippen molar-refractivity contribution in [1.29, 1.82) is 0 Å². The zero-order valence-corrected chi connectivity index (χ0v) is 17.5. The summed E-state index contributed by atoms with van der Waals surface area (Å²) in [5.41, 5.74) is 3.50. The fraction of sp³-hybridized carbons (Fsp3) is 0.0435. The molecule has 11 nitrogen and oxygen atoms in total. The van der Waals surface area contributed by atoms with Crippen LogP contribution in [0.25, 0.3) is 27.8 Å². The molecule has 166 valence electrons. The molecule has 5 aromatic rings. The highest BCUT2D eigenvalue weighted by molar-refractivity contribution is 5.93. The number of anilines is 2. The van der Waals surface area contributed by atoms with Crippen LogP contribution in [0.1, 0.15) is 0 Å². The van der Waals surface area contributed by atoms with Gasteiger partial charge in [0.05, 0.1) is 22.3 Å². The van der Waals surface area contributed by atoms with Crippen LogP contribution in [0.4, 0.5) is 17.2 Å². The number of hydrogen-bond acceptors (Lipinski definition) is 9. The second-order valence-corrected chi connectivity index (χ2v) is 7.48. The van der Waals surface area contributed by atoms with Crippen LogP contribution in [-0.2, 0) is 0 Å². The maximum Gasteiger partial charge on any atom is 0.271 e. The number of nitro benzene ring substituents is 1. The molecule has 0 amide bonds. The minimum absolute atomic E-state index is 0.0135. The first kappa shape index (κ1) is 19.6. The molecular formula is C23H15N7O4. The van der Waals surface area contributed by atoms with Crippen molar-refractivity contribution in [2.45, 2.75) is 0 Å². The van der Waals surface area contributed by atoms with Gasteiger partial charge in [0.25, 0.3) is 5.69 Å². The van der Waals surface area contributed by atoms with Gasteiger partial charge in [-0.05, 0) is 24.3 Å². The zero-order valence-electron chi connectivity index (χ0n) is 17.5. The molecule has 6 rings (SSSR count). The highest BCUT2D eigenvalue weighted by Gasteiger charge is 2.17. The number of nitrogens with zero attached hydrogens (tertiary/aromatic N) is 6. The molecule has 0 saturated carbocycles. The van der Waals surface area contributed by atoms with E-state index in [1.54, 1.807) is 18.3 Å². The molecule has 34 heavy (non-hydrogen) atoms. The van der Waals surface area contributed by atoms with Crippen molar-refractivity contribution in [3.05, 3.63) is 83.3 Å². The Balaban J connectivity index is 1.31. The van der Waals surface area contributed by atoms with E-state index in [4.69, 9.17) is 9.47 Å². The Labute approximate surface area is 191 Å². The van der Waals surface area contributed by atoms with Gasteiger partial charge in [-0.15, -0.1) is 5.10 Å². The highest BCUT2D eigenvalue weighted by Crippen LogP contribution is 2.37. The Morgan fingerprint density at radius 3 is 2.74 bits per heavy atom. The van der Waals surface area contributed by atoms with Crippen molar-refractivity contribution in [2.75, 3.05) is 12.1 Å². The van der Waals surface area contributed by atoms with Gasteiger partial charge in [0.2, 0.25) is 6.79 Å².